The number of hydrogen-bond donors (Lipinski definition) is 1. The molecule has 0 atom stereocenters. The van der Waals surface area contributed by atoms with Crippen LogP contribution in [-0.4, -0.2) is 51.6 Å². The van der Waals surface area contributed by atoms with E-state index in [0.717, 1.165) is 12.2 Å². The maximum absolute atomic E-state index is 11.6. The van der Waals surface area contributed by atoms with Crippen LogP contribution in [0.25, 0.3) is 11.0 Å². The van der Waals surface area contributed by atoms with E-state index in [1.54, 1.807) is 10.8 Å². The second-order valence-corrected chi connectivity index (χ2v) is 11.3. The minimum absolute atomic E-state index is 0.00852. The standard InChI is InChI=1S/C14H20Cl2N4O2S/c1-23(2,3)6-4-5-22-8-20-7-9(12(17)21)10-11(15)18-14(16)19-13(10)20/h7H,4-6,8H2,1-3H3,(H2,17,21). The topological polar surface area (TPSA) is 83.0 Å². The molecule has 2 aromatic heterocycles. The summed E-state index contributed by atoms with van der Waals surface area (Å²) in [5, 5.41) is 0.504. The maximum Gasteiger partial charge on any atom is 0.251 e. The van der Waals surface area contributed by atoms with Crippen molar-refractivity contribution in [2.45, 2.75) is 13.2 Å². The van der Waals surface area contributed by atoms with Gasteiger partial charge in [0.1, 0.15) is 17.5 Å². The van der Waals surface area contributed by atoms with Gasteiger partial charge in [0.25, 0.3) is 5.91 Å². The second kappa shape index (κ2) is 7.25. The molecule has 23 heavy (non-hydrogen) atoms. The summed E-state index contributed by atoms with van der Waals surface area (Å²) >= 11 is 11.9. The molecule has 0 bridgehead atoms. The highest BCUT2D eigenvalue weighted by Gasteiger charge is 2.18. The highest BCUT2D eigenvalue weighted by atomic mass is 35.5. The van der Waals surface area contributed by atoms with Crippen molar-refractivity contribution in [3.63, 3.8) is 0 Å². The van der Waals surface area contributed by atoms with Crippen LogP contribution < -0.4 is 5.73 Å². The van der Waals surface area contributed by atoms with E-state index in [0.29, 0.717) is 17.6 Å². The van der Waals surface area contributed by atoms with Gasteiger partial charge in [-0.25, -0.2) is 15.0 Å². The summed E-state index contributed by atoms with van der Waals surface area (Å²) in [6.45, 7) is 0.870. The van der Waals surface area contributed by atoms with Gasteiger partial charge in [-0.2, -0.15) is 4.98 Å². The Kier molecular flexibility index (Phi) is 5.78. The first-order valence-electron chi connectivity index (χ1n) is 6.94. The van der Waals surface area contributed by atoms with Crippen LogP contribution in [0.15, 0.2) is 6.20 Å². The smallest absolute Gasteiger partial charge is 0.251 e. The molecule has 0 spiro atoms. The van der Waals surface area contributed by atoms with Crippen molar-refractivity contribution in [1.82, 2.24) is 14.5 Å². The Morgan fingerprint density at radius 2 is 2.04 bits per heavy atom. The molecule has 0 saturated heterocycles. The van der Waals surface area contributed by atoms with E-state index < -0.39 is 15.9 Å². The van der Waals surface area contributed by atoms with Gasteiger partial charge in [0, 0.05) is 12.8 Å². The molecular formula is C14H20Cl2N4O2S. The molecule has 0 fully saturated rings. The molecule has 2 rings (SSSR count). The number of hydrogen-bond acceptors (Lipinski definition) is 4. The third kappa shape index (κ3) is 4.73. The van der Waals surface area contributed by atoms with Crippen molar-refractivity contribution >= 4 is 50.2 Å². The largest absolute Gasteiger partial charge is 0.366 e. The van der Waals surface area contributed by atoms with E-state index in [2.05, 4.69) is 28.7 Å². The van der Waals surface area contributed by atoms with Gasteiger partial charge in [0.05, 0.1) is 10.9 Å². The number of nitrogens with two attached hydrogens (primary N) is 1. The third-order valence-corrected chi connectivity index (χ3v) is 5.14. The van der Waals surface area contributed by atoms with Crippen molar-refractivity contribution in [3.05, 3.63) is 22.2 Å². The molecule has 128 valence electrons. The Morgan fingerprint density at radius 3 is 2.65 bits per heavy atom. The van der Waals surface area contributed by atoms with Crippen LogP contribution in [0.2, 0.25) is 10.4 Å². The first-order chi connectivity index (χ1) is 10.7. The number of rotatable bonds is 7. The fourth-order valence-electron chi connectivity index (χ4n) is 2.16. The van der Waals surface area contributed by atoms with E-state index in [-0.39, 0.29) is 22.7 Å². The van der Waals surface area contributed by atoms with E-state index in [9.17, 15) is 4.79 Å². The maximum atomic E-state index is 11.6. The van der Waals surface area contributed by atoms with Crippen molar-refractivity contribution in [2.24, 2.45) is 5.73 Å². The van der Waals surface area contributed by atoms with Crippen molar-refractivity contribution in [3.8, 4) is 0 Å². The van der Waals surface area contributed by atoms with Crippen LogP contribution in [0.5, 0.6) is 0 Å². The number of ether oxygens (including phenoxy) is 1. The average molecular weight is 379 g/mol. The average Bonchev–Trinajstić information content (AvgIpc) is 2.76. The van der Waals surface area contributed by atoms with Crippen LogP contribution in [0.4, 0.5) is 0 Å². The Hall–Kier alpha value is -1.02. The summed E-state index contributed by atoms with van der Waals surface area (Å²) in [7, 11) is -0.526. The lowest BCUT2D eigenvalue weighted by atomic mass is 10.2. The lowest BCUT2D eigenvalue weighted by molar-refractivity contribution is 0.0803. The van der Waals surface area contributed by atoms with Gasteiger partial charge in [-0.3, -0.25) is 4.79 Å². The Morgan fingerprint density at radius 1 is 1.35 bits per heavy atom. The molecule has 0 aliphatic rings. The Balaban J connectivity index is 2.16. The van der Waals surface area contributed by atoms with Crippen molar-refractivity contribution in [2.75, 3.05) is 31.1 Å². The number of nitrogens with zero attached hydrogens (tertiary/aromatic N) is 3. The molecule has 2 aromatic rings. The van der Waals surface area contributed by atoms with Gasteiger partial charge in [-0.1, -0.05) is 11.6 Å². The summed E-state index contributed by atoms with van der Waals surface area (Å²) in [4.78, 5) is 19.6. The SMILES string of the molecule is CS(C)(C)CCCOCn1cc(C(N)=O)c2c(Cl)nc(Cl)nc21. The fourth-order valence-corrected chi connectivity index (χ4v) is 3.62. The minimum Gasteiger partial charge on any atom is -0.366 e. The molecule has 6 nitrogen and oxygen atoms in total. The van der Waals surface area contributed by atoms with E-state index in [1.165, 1.54) is 0 Å². The first kappa shape index (κ1) is 18.3. The molecule has 0 aromatic carbocycles. The van der Waals surface area contributed by atoms with Crippen LogP contribution in [-0.2, 0) is 11.5 Å². The van der Waals surface area contributed by atoms with Crippen molar-refractivity contribution in [1.29, 1.82) is 0 Å². The fraction of sp³-hybridized carbons (Fsp3) is 0.500. The van der Waals surface area contributed by atoms with Crippen LogP contribution in [0.1, 0.15) is 16.8 Å². The summed E-state index contributed by atoms with van der Waals surface area (Å²) in [5.41, 5.74) is 6.08. The van der Waals surface area contributed by atoms with Gasteiger partial charge in [-0.15, -0.1) is 0 Å². The molecule has 9 heteroatoms. The van der Waals surface area contributed by atoms with Gasteiger partial charge < -0.3 is 15.0 Å². The molecule has 2 N–H and O–H groups in total. The van der Waals surface area contributed by atoms with Crippen LogP contribution in [0.3, 0.4) is 0 Å². The lowest BCUT2D eigenvalue weighted by Crippen LogP contribution is -2.10. The molecule has 0 unspecified atom stereocenters. The van der Waals surface area contributed by atoms with Crippen molar-refractivity contribution < 1.29 is 9.53 Å². The summed E-state index contributed by atoms with van der Waals surface area (Å²) in [6.07, 6.45) is 9.36. The van der Waals surface area contributed by atoms with Gasteiger partial charge in [-0.05, 0) is 42.5 Å². The number of primary amides is 1. The quantitative estimate of drug-likeness (QED) is 0.456. The zero-order chi connectivity index (χ0) is 17.2. The molecule has 0 radical (unpaired) electrons. The molecule has 0 saturated carbocycles. The highest BCUT2D eigenvalue weighted by Crippen LogP contribution is 2.34. The number of fused-ring (bicyclic) bond motifs is 1. The summed E-state index contributed by atoms with van der Waals surface area (Å²) in [6, 6.07) is 0. The Labute approximate surface area is 146 Å². The monoisotopic (exact) mass is 378 g/mol. The normalized spacial score (nSPS) is 12.7. The summed E-state index contributed by atoms with van der Waals surface area (Å²) < 4.78 is 7.34. The predicted octanol–water partition coefficient (Wildman–Crippen LogP) is 2.90. The van der Waals surface area contributed by atoms with E-state index in [4.69, 9.17) is 33.7 Å². The molecule has 0 aliphatic heterocycles. The minimum atomic E-state index is -0.599. The molecule has 1 amide bonds. The molecule has 0 aliphatic carbocycles. The van der Waals surface area contributed by atoms with E-state index >= 15 is 0 Å². The zero-order valence-electron chi connectivity index (χ0n) is 13.3. The van der Waals surface area contributed by atoms with Gasteiger partial charge in [0.15, 0.2) is 0 Å². The molecule has 2 heterocycles. The number of aromatic nitrogens is 3. The number of carbonyl (C=O) groups excluding carboxylic acids is 1. The number of amides is 1. The summed E-state index contributed by atoms with van der Waals surface area (Å²) in [5.74, 6) is 0.545. The van der Waals surface area contributed by atoms with Crippen LogP contribution >= 0.6 is 33.2 Å². The Bertz CT molecular complexity index is 728. The van der Waals surface area contributed by atoms with Gasteiger partial charge >= 0.3 is 0 Å². The molecular weight excluding hydrogens is 359 g/mol. The second-order valence-electron chi connectivity index (χ2n) is 6.04. The third-order valence-electron chi connectivity index (χ3n) is 3.19. The first-order valence-corrected chi connectivity index (χ1v) is 10.7. The van der Waals surface area contributed by atoms with Gasteiger partial charge in [0.2, 0.25) is 5.28 Å². The number of carbonyl (C=O) groups is 1. The van der Waals surface area contributed by atoms with Crippen LogP contribution in [0, 0.1) is 0 Å². The van der Waals surface area contributed by atoms with E-state index in [1.807, 2.05) is 0 Å². The predicted molar refractivity (Wildman–Crippen MR) is 96.9 cm³/mol. The number of halogens is 2. The zero-order valence-corrected chi connectivity index (χ0v) is 15.6. The lowest BCUT2D eigenvalue weighted by Gasteiger charge is -2.24. The highest BCUT2D eigenvalue weighted by molar-refractivity contribution is 8.32.